The van der Waals surface area contributed by atoms with Gasteiger partial charge < -0.3 is 5.32 Å². The zero-order chi connectivity index (χ0) is 19.6. The van der Waals surface area contributed by atoms with Crippen LogP contribution in [0.4, 0.5) is 5.95 Å². The molecule has 5 rings (SSSR count). The van der Waals surface area contributed by atoms with Crippen LogP contribution in [0.25, 0.3) is 28.2 Å². The van der Waals surface area contributed by atoms with Gasteiger partial charge in [0.25, 0.3) is 0 Å². The van der Waals surface area contributed by atoms with Gasteiger partial charge in [0.15, 0.2) is 5.82 Å². The lowest BCUT2D eigenvalue weighted by Gasteiger charge is -2.14. The summed E-state index contributed by atoms with van der Waals surface area (Å²) in [4.78, 5) is 13.5. The molecule has 0 aliphatic carbocycles. The summed E-state index contributed by atoms with van der Waals surface area (Å²) in [5, 5.41) is 17.4. The minimum atomic E-state index is 0.0801. The molecular formula is C20H17N9. The van der Waals surface area contributed by atoms with Crippen molar-refractivity contribution in [1.82, 2.24) is 40.1 Å². The maximum Gasteiger partial charge on any atom is 0.225 e. The summed E-state index contributed by atoms with van der Waals surface area (Å²) in [6, 6.07) is 18.0. The molecule has 0 bridgehead atoms. The average molecular weight is 383 g/mol. The molecule has 2 N–H and O–H groups in total. The van der Waals surface area contributed by atoms with E-state index in [1.54, 1.807) is 12.5 Å². The van der Waals surface area contributed by atoms with Crippen LogP contribution in [0.2, 0.25) is 0 Å². The zero-order valence-electron chi connectivity index (χ0n) is 15.6. The van der Waals surface area contributed by atoms with Crippen molar-refractivity contribution in [2.45, 2.75) is 13.0 Å². The van der Waals surface area contributed by atoms with Crippen molar-refractivity contribution in [2.75, 3.05) is 5.32 Å². The van der Waals surface area contributed by atoms with E-state index in [2.05, 4.69) is 59.9 Å². The van der Waals surface area contributed by atoms with Crippen LogP contribution in [0.3, 0.4) is 0 Å². The molecule has 0 unspecified atom stereocenters. The van der Waals surface area contributed by atoms with E-state index < -0.39 is 0 Å². The molecule has 1 atom stereocenters. The molecule has 9 nitrogen and oxygen atoms in total. The highest BCUT2D eigenvalue weighted by Crippen LogP contribution is 2.23. The molecule has 0 spiro atoms. The number of nitrogens with one attached hydrogen (secondary N) is 2. The predicted molar refractivity (Wildman–Crippen MR) is 108 cm³/mol. The first-order valence-corrected chi connectivity index (χ1v) is 9.14. The minimum absolute atomic E-state index is 0.0801. The van der Waals surface area contributed by atoms with Crippen molar-refractivity contribution in [3.05, 3.63) is 72.7 Å². The standard InChI is InChI=1S/C20H17N9/c1-13(14-5-3-2-4-6-14)23-20-21-10-9-18(24-20)29-12-22-16-8-7-15(11-17(16)29)19-25-27-28-26-19/h2-13H,1H3,(H,21,23,24)(H,25,26,27,28)/t13-/m0/s1. The highest BCUT2D eigenvalue weighted by atomic mass is 15.5. The second-order valence-electron chi connectivity index (χ2n) is 6.58. The number of imidazole rings is 1. The third-order valence-electron chi connectivity index (χ3n) is 4.70. The monoisotopic (exact) mass is 383 g/mol. The Balaban J connectivity index is 1.49. The summed E-state index contributed by atoms with van der Waals surface area (Å²) >= 11 is 0. The first-order chi connectivity index (χ1) is 14.3. The number of nitrogens with zero attached hydrogens (tertiary/aromatic N) is 7. The lowest BCUT2D eigenvalue weighted by molar-refractivity contribution is 0.854. The minimum Gasteiger partial charge on any atom is -0.348 e. The van der Waals surface area contributed by atoms with Gasteiger partial charge in [-0.05, 0) is 47.2 Å². The average Bonchev–Trinajstić information content (AvgIpc) is 3.44. The molecule has 3 heterocycles. The zero-order valence-corrected chi connectivity index (χ0v) is 15.6. The molecule has 0 aliphatic rings. The van der Waals surface area contributed by atoms with E-state index in [4.69, 9.17) is 0 Å². The lowest BCUT2D eigenvalue weighted by atomic mass is 10.1. The first-order valence-electron chi connectivity index (χ1n) is 9.14. The van der Waals surface area contributed by atoms with Gasteiger partial charge in [0.05, 0.1) is 17.1 Å². The third kappa shape index (κ3) is 3.29. The van der Waals surface area contributed by atoms with E-state index in [0.717, 1.165) is 22.4 Å². The topological polar surface area (TPSA) is 110 Å². The molecule has 3 aromatic heterocycles. The number of aromatic nitrogens is 8. The predicted octanol–water partition coefficient (Wildman–Crippen LogP) is 3.17. The number of H-pyrrole nitrogens is 1. The number of anilines is 1. The van der Waals surface area contributed by atoms with Crippen molar-refractivity contribution in [3.8, 4) is 17.2 Å². The van der Waals surface area contributed by atoms with Crippen LogP contribution in [0.15, 0.2) is 67.1 Å². The molecule has 0 saturated heterocycles. The summed E-state index contributed by atoms with van der Waals surface area (Å²) in [6.45, 7) is 2.08. The Labute approximate surface area is 165 Å². The van der Waals surface area contributed by atoms with Crippen molar-refractivity contribution in [3.63, 3.8) is 0 Å². The molecule has 142 valence electrons. The van der Waals surface area contributed by atoms with Gasteiger partial charge in [0.1, 0.15) is 12.1 Å². The van der Waals surface area contributed by atoms with Crippen LogP contribution in [0.5, 0.6) is 0 Å². The highest BCUT2D eigenvalue weighted by Gasteiger charge is 2.11. The van der Waals surface area contributed by atoms with E-state index in [9.17, 15) is 0 Å². The Morgan fingerprint density at radius 2 is 1.93 bits per heavy atom. The summed E-state index contributed by atoms with van der Waals surface area (Å²) in [6.07, 6.45) is 3.48. The third-order valence-corrected chi connectivity index (χ3v) is 4.70. The van der Waals surface area contributed by atoms with Gasteiger partial charge >= 0.3 is 0 Å². The van der Waals surface area contributed by atoms with E-state index in [-0.39, 0.29) is 6.04 Å². The van der Waals surface area contributed by atoms with E-state index >= 15 is 0 Å². The lowest BCUT2D eigenvalue weighted by Crippen LogP contribution is -2.10. The molecule has 0 aliphatic heterocycles. The molecule has 0 fully saturated rings. The van der Waals surface area contributed by atoms with Crippen molar-refractivity contribution in [2.24, 2.45) is 0 Å². The maximum atomic E-state index is 4.68. The van der Waals surface area contributed by atoms with Crippen molar-refractivity contribution in [1.29, 1.82) is 0 Å². The van der Waals surface area contributed by atoms with Gasteiger partial charge in [-0.15, -0.1) is 5.10 Å². The summed E-state index contributed by atoms with van der Waals surface area (Å²) < 4.78 is 1.92. The molecule has 2 aromatic carbocycles. The van der Waals surface area contributed by atoms with Gasteiger partial charge in [-0.2, -0.15) is 4.98 Å². The number of hydrogen-bond donors (Lipinski definition) is 2. The van der Waals surface area contributed by atoms with Crippen LogP contribution in [-0.4, -0.2) is 40.1 Å². The summed E-state index contributed by atoms with van der Waals surface area (Å²) in [5.74, 6) is 1.87. The van der Waals surface area contributed by atoms with E-state index in [0.29, 0.717) is 11.8 Å². The van der Waals surface area contributed by atoms with Crippen molar-refractivity contribution < 1.29 is 0 Å². The van der Waals surface area contributed by atoms with Gasteiger partial charge in [-0.25, -0.2) is 15.1 Å². The van der Waals surface area contributed by atoms with Crippen LogP contribution in [0.1, 0.15) is 18.5 Å². The molecule has 0 radical (unpaired) electrons. The Hall–Kier alpha value is -4.14. The summed E-state index contributed by atoms with van der Waals surface area (Å²) in [7, 11) is 0. The fourth-order valence-corrected chi connectivity index (χ4v) is 3.19. The summed E-state index contributed by atoms with van der Waals surface area (Å²) in [5.41, 5.74) is 3.79. The Bertz CT molecular complexity index is 1250. The number of tetrazole rings is 1. The molecule has 0 amide bonds. The molecular weight excluding hydrogens is 366 g/mol. The van der Waals surface area contributed by atoms with Crippen LogP contribution < -0.4 is 5.32 Å². The van der Waals surface area contributed by atoms with Crippen molar-refractivity contribution >= 4 is 17.0 Å². The second-order valence-corrected chi connectivity index (χ2v) is 6.58. The van der Waals surface area contributed by atoms with E-state index in [1.165, 1.54) is 5.56 Å². The Morgan fingerprint density at radius 1 is 1.03 bits per heavy atom. The van der Waals surface area contributed by atoms with Gasteiger partial charge in [0.2, 0.25) is 5.95 Å². The molecule has 9 heteroatoms. The van der Waals surface area contributed by atoms with Crippen LogP contribution in [-0.2, 0) is 0 Å². The molecule has 5 aromatic rings. The second kappa shape index (κ2) is 7.12. The van der Waals surface area contributed by atoms with E-state index in [1.807, 2.05) is 47.0 Å². The van der Waals surface area contributed by atoms with Crippen LogP contribution >= 0.6 is 0 Å². The maximum absolute atomic E-state index is 4.68. The normalized spacial score (nSPS) is 12.2. The number of benzene rings is 2. The van der Waals surface area contributed by atoms with Gasteiger partial charge in [0, 0.05) is 11.8 Å². The Morgan fingerprint density at radius 3 is 2.76 bits per heavy atom. The van der Waals surface area contributed by atoms with Gasteiger partial charge in [-0.1, -0.05) is 30.3 Å². The van der Waals surface area contributed by atoms with Crippen LogP contribution in [0, 0.1) is 0 Å². The smallest absolute Gasteiger partial charge is 0.225 e. The fourth-order valence-electron chi connectivity index (χ4n) is 3.19. The number of fused-ring (bicyclic) bond motifs is 1. The number of aromatic amines is 1. The first kappa shape index (κ1) is 17.0. The number of rotatable bonds is 5. The fraction of sp³-hybridized carbons (Fsp3) is 0.100. The quantitative estimate of drug-likeness (QED) is 0.479. The SMILES string of the molecule is C[C@H](Nc1nccc(-n2cnc3ccc(-c4nnn[nH]4)cc32)n1)c1ccccc1. The largest absolute Gasteiger partial charge is 0.348 e. The Kier molecular flexibility index (Phi) is 4.17. The highest BCUT2D eigenvalue weighted by molar-refractivity contribution is 5.82. The molecule has 0 saturated carbocycles. The van der Waals surface area contributed by atoms with Gasteiger partial charge in [-0.3, -0.25) is 4.57 Å². The number of hydrogen-bond acceptors (Lipinski definition) is 7. The molecule has 29 heavy (non-hydrogen) atoms.